The molecule has 38 heavy (non-hydrogen) atoms. The second-order valence-electron chi connectivity index (χ2n) is 9.92. The average molecular weight is 508 g/mol. The minimum absolute atomic E-state index is 0.0281. The van der Waals surface area contributed by atoms with Crippen molar-refractivity contribution >= 4 is 11.6 Å². The molecule has 3 heterocycles. The van der Waals surface area contributed by atoms with Crippen LogP contribution in [0.5, 0.6) is 5.75 Å². The third-order valence-electron chi connectivity index (χ3n) is 6.70. The van der Waals surface area contributed by atoms with Gasteiger partial charge in [-0.25, -0.2) is 4.68 Å². The Bertz CT molecular complexity index is 1510. The summed E-state index contributed by atoms with van der Waals surface area (Å²) in [6, 6.07) is 17.0. The van der Waals surface area contributed by atoms with Gasteiger partial charge < -0.3 is 14.8 Å². The first kappa shape index (κ1) is 25.2. The number of hydrogen-bond donors (Lipinski definition) is 1. The van der Waals surface area contributed by atoms with Crippen molar-refractivity contribution in [1.82, 2.24) is 14.8 Å². The number of rotatable bonds is 7. The quantitative estimate of drug-likeness (QED) is 0.356. The molecule has 192 valence electrons. The summed E-state index contributed by atoms with van der Waals surface area (Å²) < 4.78 is 13.4. The molecule has 1 N–H and O–H groups in total. The van der Waals surface area contributed by atoms with Crippen molar-refractivity contribution in [1.29, 1.82) is 5.26 Å². The van der Waals surface area contributed by atoms with E-state index in [1.54, 1.807) is 41.5 Å². The molecule has 0 aliphatic carbocycles. The van der Waals surface area contributed by atoms with Gasteiger partial charge in [0.05, 0.1) is 36.6 Å². The smallest absolute Gasteiger partial charge is 0.255 e. The first-order valence-electron chi connectivity index (χ1n) is 12.5. The standard InChI is InChI=1S/C30H29N5O3/c1-20-7-8-24(34-29(36)21-5-4-6-23(13-21)30(2,3)19-31)14-27(20)35-17-22(15-33-35)26-16-32-11-9-28(26)38-25-10-12-37-18-25/h4-9,11,13-17,25H,10,12,18H2,1-3H3,(H,34,36)/t25-/m0/s1. The number of anilines is 1. The largest absolute Gasteiger partial charge is 0.487 e. The number of hydrogen-bond acceptors (Lipinski definition) is 6. The normalized spacial score (nSPS) is 15.2. The molecular weight excluding hydrogens is 478 g/mol. The average Bonchev–Trinajstić information content (AvgIpc) is 3.63. The van der Waals surface area contributed by atoms with Crippen LogP contribution in [0.25, 0.3) is 16.8 Å². The molecule has 0 bridgehead atoms. The van der Waals surface area contributed by atoms with E-state index in [4.69, 9.17) is 9.47 Å². The van der Waals surface area contributed by atoms with E-state index >= 15 is 0 Å². The van der Waals surface area contributed by atoms with E-state index in [-0.39, 0.29) is 12.0 Å². The highest BCUT2D eigenvalue weighted by atomic mass is 16.5. The highest BCUT2D eigenvalue weighted by molar-refractivity contribution is 6.04. The molecule has 0 saturated carbocycles. The lowest BCUT2D eigenvalue weighted by Gasteiger charge is -2.16. The number of ether oxygens (including phenoxy) is 2. The van der Waals surface area contributed by atoms with Crippen molar-refractivity contribution in [3.8, 4) is 28.6 Å². The predicted octanol–water partition coefficient (Wildman–Crippen LogP) is 5.46. The van der Waals surface area contributed by atoms with Crippen molar-refractivity contribution < 1.29 is 14.3 Å². The molecule has 0 radical (unpaired) electrons. The first-order valence-corrected chi connectivity index (χ1v) is 12.5. The second-order valence-corrected chi connectivity index (χ2v) is 9.92. The number of nitrogens with zero attached hydrogens (tertiary/aromatic N) is 4. The van der Waals surface area contributed by atoms with Gasteiger partial charge in [-0.1, -0.05) is 18.2 Å². The van der Waals surface area contributed by atoms with Gasteiger partial charge in [0.1, 0.15) is 11.9 Å². The number of carbonyl (C=O) groups is 1. The number of amides is 1. The maximum Gasteiger partial charge on any atom is 0.255 e. The topological polar surface area (TPSA) is 102 Å². The molecule has 1 aliphatic rings. The van der Waals surface area contributed by atoms with E-state index in [0.717, 1.165) is 40.1 Å². The van der Waals surface area contributed by atoms with Gasteiger partial charge in [0.25, 0.3) is 5.91 Å². The summed E-state index contributed by atoms with van der Waals surface area (Å²) in [5, 5.41) is 17.0. The van der Waals surface area contributed by atoms with Crippen LogP contribution in [0.2, 0.25) is 0 Å². The zero-order chi connectivity index (χ0) is 26.7. The molecule has 2 aromatic heterocycles. The molecule has 5 rings (SSSR count). The predicted molar refractivity (Wildman–Crippen MR) is 144 cm³/mol. The van der Waals surface area contributed by atoms with Crippen LogP contribution in [0, 0.1) is 18.3 Å². The molecule has 0 spiro atoms. The van der Waals surface area contributed by atoms with Crippen LogP contribution >= 0.6 is 0 Å². The zero-order valence-electron chi connectivity index (χ0n) is 21.6. The Labute approximate surface area is 221 Å². The van der Waals surface area contributed by atoms with Gasteiger partial charge in [-0.2, -0.15) is 10.4 Å². The van der Waals surface area contributed by atoms with Gasteiger partial charge in [-0.15, -0.1) is 0 Å². The van der Waals surface area contributed by atoms with E-state index in [1.165, 1.54) is 0 Å². The van der Waals surface area contributed by atoms with Crippen LogP contribution in [-0.4, -0.2) is 40.0 Å². The highest BCUT2D eigenvalue weighted by Crippen LogP contribution is 2.31. The first-order chi connectivity index (χ1) is 18.3. The third-order valence-corrected chi connectivity index (χ3v) is 6.70. The lowest BCUT2D eigenvalue weighted by Crippen LogP contribution is -2.17. The summed E-state index contributed by atoms with van der Waals surface area (Å²) in [6.07, 6.45) is 8.09. The van der Waals surface area contributed by atoms with Crippen LogP contribution in [0.15, 0.2) is 73.3 Å². The van der Waals surface area contributed by atoms with Gasteiger partial charge in [-0.3, -0.25) is 9.78 Å². The van der Waals surface area contributed by atoms with Crippen LogP contribution in [0.1, 0.15) is 41.8 Å². The van der Waals surface area contributed by atoms with Crippen LogP contribution in [0.4, 0.5) is 5.69 Å². The molecule has 4 aromatic rings. The fourth-order valence-electron chi connectivity index (χ4n) is 4.33. The van der Waals surface area contributed by atoms with Gasteiger partial charge in [0.2, 0.25) is 0 Å². The molecule has 1 saturated heterocycles. The lowest BCUT2D eigenvalue weighted by molar-refractivity contribution is 0.102. The van der Waals surface area contributed by atoms with Gasteiger partial charge in [0.15, 0.2) is 0 Å². The number of pyridine rings is 1. The Morgan fingerprint density at radius 3 is 2.87 bits per heavy atom. The van der Waals surface area contributed by atoms with Crippen molar-refractivity contribution in [2.75, 3.05) is 18.5 Å². The Hall–Kier alpha value is -4.48. The van der Waals surface area contributed by atoms with E-state index in [2.05, 4.69) is 21.5 Å². The van der Waals surface area contributed by atoms with E-state index in [1.807, 2.05) is 57.3 Å². The molecule has 1 atom stereocenters. The molecule has 2 aromatic carbocycles. The van der Waals surface area contributed by atoms with Gasteiger partial charge in [-0.05, 0) is 62.2 Å². The monoisotopic (exact) mass is 507 g/mol. The number of nitriles is 1. The molecule has 0 unspecified atom stereocenters. The molecule has 8 heteroatoms. The maximum absolute atomic E-state index is 13.0. The minimum Gasteiger partial charge on any atom is -0.487 e. The number of nitrogens with one attached hydrogen (secondary N) is 1. The van der Waals surface area contributed by atoms with E-state index in [9.17, 15) is 10.1 Å². The Balaban J connectivity index is 1.38. The number of aromatic nitrogens is 3. The number of aryl methyl sites for hydroxylation is 1. The third kappa shape index (κ3) is 5.29. The maximum atomic E-state index is 13.0. The summed E-state index contributed by atoms with van der Waals surface area (Å²) in [5.41, 5.74) is 4.81. The van der Waals surface area contributed by atoms with Gasteiger partial charge >= 0.3 is 0 Å². The lowest BCUT2D eigenvalue weighted by atomic mass is 9.85. The van der Waals surface area contributed by atoms with Crippen molar-refractivity contribution in [2.24, 2.45) is 0 Å². The van der Waals surface area contributed by atoms with Crippen molar-refractivity contribution in [3.63, 3.8) is 0 Å². The van der Waals surface area contributed by atoms with E-state index < -0.39 is 5.41 Å². The van der Waals surface area contributed by atoms with E-state index in [0.29, 0.717) is 24.5 Å². The minimum atomic E-state index is -0.685. The van der Waals surface area contributed by atoms with Crippen LogP contribution < -0.4 is 10.1 Å². The Morgan fingerprint density at radius 2 is 2.08 bits per heavy atom. The molecule has 8 nitrogen and oxygen atoms in total. The molecule has 1 amide bonds. The summed E-state index contributed by atoms with van der Waals surface area (Å²) in [4.78, 5) is 17.3. The summed E-state index contributed by atoms with van der Waals surface area (Å²) in [6.45, 7) is 6.95. The zero-order valence-corrected chi connectivity index (χ0v) is 21.6. The molecule has 1 fully saturated rings. The Kier molecular flexibility index (Phi) is 6.95. The van der Waals surface area contributed by atoms with Crippen LogP contribution in [-0.2, 0) is 10.2 Å². The number of carbonyl (C=O) groups excluding carboxylic acids is 1. The Morgan fingerprint density at radius 1 is 1.21 bits per heavy atom. The number of benzene rings is 2. The summed E-state index contributed by atoms with van der Waals surface area (Å²) >= 11 is 0. The van der Waals surface area contributed by atoms with Crippen molar-refractivity contribution in [3.05, 3.63) is 90.0 Å². The fraction of sp³-hybridized carbons (Fsp3) is 0.267. The van der Waals surface area contributed by atoms with Crippen molar-refractivity contribution in [2.45, 2.75) is 38.7 Å². The SMILES string of the molecule is Cc1ccc(NC(=O)c2cccc(C(C)(C)C#N)c2)cc1-n1cc(-c2cnccc2O[C@H]2CCOC2)cn1. The highest BCUT2D eigenvalue weighted by Gasteiger charge is 2.22. The van der Waals surface area contributed by atoms with Crippen LogP contribution in [0.3, 0.4) is 0 Å². The van der Waals surface area contributed by atoms with Gasteiger partial charge in [0, 0.05) is 47.4 Å². The summed E-state index contributed by atoms with van der Waals surface area (Å²) in [5.74, 6) is 0.499. The molecular formula is C30H29N5O3. The second kappa shape index (κ2) is 10.5. The summed E-state index contributed by atoms with van der Waals surface area (Å²) in [7, 11) is 0. The molecule has 1 aliphatic heterocycles. The fourth-order valence-corrected chi connectivity index (χ4v) is 4.33.